The Balaban J connectivity index is 1.86. The molecule has 2 N–H and O–H groups in total. The van der Waals surface area contributed by atoms with Crippen LogP contribution in [0.1, 0.15) is 15.9 Å². The molecule has 3 rings (SSSR count). The SMILES string of the molecule is CSc1cccc(NC(=O)/C(=C\c2cccnc2)NC(=O)c2ccccc2)c1. The van der Waals surface area contributed by atoms with E-state index >= 15 is 0 Å². The summed E-state index contributed by atoms with van der Waals surface area (Å²) >= 11 is 1.59. The van der Waals surface area contributed by atoms with Gasteiger partial charge in [0.1, 0.15) is 5.70 Å². The van der Waals surface area contributed by atoms with Crippen molar-refractivity contribution < 1.29 is 9.59 Å². The molecule has 0 fully saturated rings. The van der Waals surface area contributed by atoms with Gasteiger partial charge in [0.15, 0.2) is 0 Å². The lowest BCUT2D eigenvalue weighted by Gasteiger charge is -2.12. The maximum absolute atomic E-state index is 12.9. The average molecular weight is 389 g/mol. The van der Waals surface area contributed by atoms with Gasteiger partial charge in [0, 0.05) is 28.5 Å². The van der Waals surface area contributed by atoms with Crippen LogP contribution in [0.5, 0.6) is 0 Å². The van der Waals surface area contributed by atoms with Crippen LogP contribution in [-0.2, 0) is 4.79 Å². The predicted octanol–water partition coefficient (Wildman–Crippen LogP) is 4.21. The van der Waals surface area contributed by atoms with Gasteiger partial charge < -0.3 is 10.6 Å². The fraction of sp³-hybridized carbons (Fsp3) is 0.0455. The zero-order valence-corrected chi connectivity index (χ0v) is 16.1. The van der Waals surface area contributed by atoms with Gasteiger partial charge in [-0.05, 0) is 54.3 Å². The molecule has 5 nitrogen and oxygen atoms in total. The molecule has 3 aromatic rings. The third-order valence-corrected chi connectivity index (χ3v) is 4.58. The van der Waals surface area contributed by atoms with Gasteiger partial charge in [0.2, 0.25) is 0 Å². The summed E-state index contributed by atoms with van der Waals surface area (Å²) in [5.74, 6) is -0.768. The zero-order valence-electron chi connectivity index (χ0n) is 15.3. The van der Waals surface area contributed by atoms with Gasteiger partial charge >= 0.3 is 0 Å². The molecule has 0 radical (unpaired) electrons. The second-order valence-corrected chi connectivity index (χ2v) is 6.73. The number of benzene rings is 2. The molecule has 0 aliphatic heterocycles. The van der Waals surface area contributed by atoms with Crippen LogP contribution in [0.4, 0.5) is 5.69 Å². The van der Waals surface area contributed by atoms with Crippen LogP contribution in [-0.4, -0.2) is 23.1 Å². The van der Waals surface area contributed by atoms with Crippen LogP contribution in [0.25, 0.3) is 6.08 Å². The summed E-state index contributed by atoms with van der Waals surface area (Å²) in [5.41, 5.74) is 1.97. The lowest BCUT2D eigenvalue weighted by atomic mass is 10.2. The summed E-state index contributed by atoms with van der Waals surface area (Å²) in [6, 6.07) is 19.8. The maximum atomic E-state index is 12.9. The molecule has 0 aliphatic carbocycles. The quantitative estimate of drug-likeness (QED) is 0.489. The van der Waals surface area contributed by atoms with Crippen LogP contribution >= 0.6 is 11.8 Å². The third kappa shape index (κ3) is 5.31. The smallest absolute Gasteiger partial charge is 0.272 e. The molecule has 0 aliphatic rings. The van der Waals surface area contributed by atoms with Gasteiger partial charge in [-0.15, -0.1) is 11.8 Å². The van der Waals surface area contributed by atoms with E-state index in [0.29, 0.717) is 16.8 Å². The van der Waals surface area contributed by atoms with Crippen LogP contribution < -0.4 is 10.6 Å². The number of hydrogen-bond donors (Lipinski definition) is 2. The van der Waals surface area contributed by atoms with Crippen molar-refractivity contribution in [2.24, 2.45) is 0 Å². The summed E-state index contributed by atoms with van der Waals surface area (Å²) in [5, 5.41) is 5.55. The Hall–Kier alpha value is -3.38. The van der Waals surface area contributed by atoms with E-state index in [0.717, 1.165) is 4.90 Å². The lowest BCUT2D eigenvalue weighted by molar-refractivity contribution is -0.113. The molecule has 0 saturated carbocycles. The Labute approximate surface area is 167 Å². The molecule has 1 heterocycles. The van der Waals surface area contributed by atoms with E-state index in [2.05, 4.69) is 15.6 Å². The van der Waals surface area contributed by atoms with Crippen LogP contribution in [0.2, 0.25) is 0 Å². The van der Waals surface area contributed by atoms with Gasteiger partial charge in [-0.2, -0.15) is 0 Å². The summed E-state index contributed by atoms with van der Waals surface area (Å²) in [7, 11) is 0. The van der Waals surface area contributed by atoms with Crippen LogP contribution in [0, 0.1) is 0 Å². The Kier molecular flexibility index (Phi) is 6.59. The molecular weight excluding hydrogens is 370 g/mol. The summed E-state index contributed by atoms with van der Waals surface area (Å²) < 4.78 is 0. The largest absolute Gasteiger partial charge is 0.321 e. The van der Waals surface area contributed by atoms with Crippen molar-refractivity contribution in [1.29, 1.82) is 0 Å². The number of thioether (sulfide) groups is 1. The van der Waals surface area contributed by atoms with E-state index in [9.17, 15) is 9.59 Å². The number of aromatic nitrogens is 1. The van der Waals surface area contributed by atoms with Crippen molar-refractivity contribution >= 4 is 35.3 Å². The molecule has 6 heteroatoms. The fourth-order valence-electron chi connectivity index (χ4n) is 2.47. The van der Waals surface area contributed by atoms with Gasteiger partial charge in [0.25, 0.3) is 11.8 Å². The van der Waals surface area contributed by atoms with E-state index in [1.54, 1.807) is 66.6 Å². The first-order valence-corrected chi connectivity index (χ1v) is 9.82. The fourth-order valence-corrected chi connectivity index (χ4v) is 2.93. The van der Waals surface area contributed by atoms with Gasteiger partial charge in [-0.25, -0.2) is 0 Å². The van der Waals surface area contributed by atoms with E-state index in [1.807, 2.05) is 36.6 Å². The highest BCUT2D eigenvalue weighted by molar-refractivity contribution is 7.98. The molecule has 0 saturated heterocycles. The van der Waals surface area contributed by atoms with Gasteiger partial charge in [-0.1, -0.05) is 30.3 Å². The number of pyridine rings is 1. The van der Waals surface area contributed by atoms with Crippen LogP contribution in [0.15, 0.2) is 89.7 Å². The average Bonchev–Trinajstić information content (AvgIpc) is 2.74. The Morgan fingerprint density at radius 3 is 2.54 bits per heavy atom. The minimum atomic E-state index is -0.411. The molecule has 0 atom stereocenters. The summed E-state index contributed by atoms with van der Waals surface area (Å²) in [6.07, 6.45) is 6.83. The molecule has 28 heavy (non-hydrogen) atoms. The Bertz CT molecular complexity index is 989. The molecule has 2 amide bonds. The van der Waals surface area contributed by atoms with E-state index in [1.165, 1.54) is 0 Å². The molecule has 2 aromatic carbocycles. The number of anilines is 1. The molecule has 140 valence electrons. The minimum Gasteiger partial charge on any atom is -0.321 e. The third-order valence-electron chi connectivity index (χ3n) is 3.85. The van der Waals surface area contributed by atoms with Crippen molar-refractivity contribution in [2.45, 2.75) is 4.90 Å². The topological polar surface area (TPSA) is 71.1 Å². The first-order valence-electron chi connectivity index (χ1n) is 8.59. The predicted molar refractivity (Wildman–Crippen MR) is 113 cm³/mol. The second kappa shape index (κ2) is 9.53. The van der Waals surface area contributed by atoms with Crippen molar-refractivity contribution in [3.63, 3.8) is 0 Å². The normalized spacial score (nSPS) is 11.0. The summed E-state index contributed by atoms with van der Waals surface area (Å²) in [6.45, 7) is 0. The van der Waals surface area contributed by atoms with Crippen LogP contribution in [0.3, 0.4) is 0 Å². The maximum Gasteiger partial charge on any atom is 0.272 e. The number of hydrogen-bond acceptors (Lipinski definition) is 4. The highest BCUT2D eigenvalue weighted by atomic mass is 32.2. The Morgan fingerprint density at radius 1 is 1.00 bits per heavy atom. The molecule has 0 bridgehead atoms. The summed E-state index contributed by atoms with van der Waals surface area (Å²) in [4.78, 5) is 30.5. The molecule has 0 unspecified atom stereocenters. The first kappa shape index (κ1) is 19.4. The van der Waals surface area contributed by atoms with Crippen molar-refractivity contribution in [1.82, 2.24) is 10.3 Å². The molecule has 1 aromatic heterocycles. The minimum absolute atomic E-state index is 0.136. The van der Waals surface area contributed by atoms with Gasteiger partial charge in [-0.3, -0.25) is 14.6 Å². The molecular formula is C22H19N3O2S. The van der Waals surface area contributed by atoms with E-state index in [-0.39, 0.29) is 11.6 Å². The number of amides is 2. The number of nitrogens with zero attached hydrogens (tertiary/aromatic N) is 1. The number of rotatable bonds is 6. The highest BCUT2D eigenvalue weighted by Gasteiger charge is 2.15. The Morgan fingerprint density at radius 2 is 1.82 bits per heavy atom. The highest BCUT2D eigenvalue weighted by Crippen LogP contribution is 2.19. The number of nitrogens with one attached hydrogen (secondary N) is 2. The van der Waals surface area contributed by atoms with Crippen molar-refractivity contribution in [2.75, 3.05) is 11.6 Å². The lowest BCUT2D eigenvalue weighted by Crippen LogP contribution is -2.30. The molecule has 0 spiro atoms. The second-order valence-electron chi connectivity index (χ2n) is 5.85. The van der Waals surface area contributed by atoms with Crippen molar-refractivity contribution in [3.8, 4) is 0 Å². The first-order chi connectivity index (χ1) is 13.7. The zero-order chi connectivity index (χ0) is 19.8. The van der Waals surface area contributed by atoms with E-state index < -0.39 is 5.91 Å². The van der Waals surface area contributed by atoms with Crippen molar-refractivity contribution in [3.05, 3.63) is 95.9 Å². The van der Waals surface area contributed by atoms with Gasteiger partial charge in [0.05, 0.1) is 0 Å². The number of carbonyl (C=O) groups excluding carboxylic acids is 2. The monoisotopic (exact) mass is 389 g/mol. The standard InChI is InChI=1S/C22H19N3O2S/c1-28-19-11-5-10-18(14-19)24-22(27)20(13-16-7-6-12-23-15-16)25-21(26)17-8-3-2-4-9-17/h2-15H,1H3,(H,24,27)(H,25,26)/b20-13+. The van der Waals surface area contributed by atoms with E-state index in [4.69, 9.17) is 0 Å². The number of carbonyl (C=O) groups is 2.